The highest BCUT2D eigenvalue weighted by Crippen LogP contribution is 2.41. The van der Waals surface area contributed by atoms with Gasteiger partial charge in [0.1, 0.15) is 0 Å². The molecular formula is C76H48N4. The fourth-order valence-electron chi connectivity index (χ4n) is 12.4. The van der Waals surface area contributed by atoms with Crippen molar-refractivity contribution in [3.05, 3.63) is 291 Å². The minimum absolute atomic E-state index is 0.855. The molecule has 0 N–H and O–H groups in total. The smallest absolute Gasteiger partial charge is 0.0973 e. The lowest BCUT2D eigenvalue weighted by Crippen LogP contribution is -1.96. The topological polar surface area (TPSA) is 35.6 Å². The summed E-state index contributed by atoms with van der Waals surface area (Å²) < 4.78 is 4.78. The first-order chi connectivity index (χ1) is 39.6. The minimum Gasteiger partial charge on any atom is -0.309 e. The summed E-state index contributed by atoms with van der Waals surface area (Å²) in [5.41, 5.74) is 22.0. The average Bonchev–Trinajstić information content (AvgIpc) is 4.17. The summed E-state index contributed by atoms with van der Waals surface area (Å²) in [6.45, 7) is 0. The van der Waals surface area contributed by atoms with Crippen LogP contribution in [0.3, 0.4) is 0 Å². The van der Waals surface area contributed by atoms with Gasteiger partial charge in [-0.05, 0) is 139 Å². The Morgan fingerprint density at radius 1 is 0.212 bits per heavy atom. The summed E-state index contributed by atoms with van der Waals surface area (Å²) in [4.78, 5) is 10.5. The number of aromatic nitrogens is 4. The second-order valence-electron chi connectivity index (χ2n) is 20.9. The fourth-order valence-corrected chi connectivity index (χ4v) is 12.4. The molecular weight excluding hydrogens is 969 g/mol. The van der Waals surface area contributed by atoms with Gasteiger partial charge in [0.05, 0.1) is 44.5 Å². The summed E-state index contributed by atoms with van der Waals surface area (Å²) in [5.74, 6) is 0. The van der Waals surface area contributed by atoms with Gasteiger partial charge < -0.3 is 9.13 Å². The standard InChI is InChI=1S/C76H48N4/c1-3-17-61-53(13-1)15-11-21-63(61)57-39-45-73-67(47-57)65-19-5-9-25-71(65)79(73)59-41-35-51(36-42-59)49-27-31-55(32-28-49)75-76(78-70-24-8-7-23-69(70)77-75)56-33-29-50(30-34-56)52-37-43-60(44-38-52)80-72-26-10-6-20-66(72)68-48-58(40-46-74(68)80)64-22-12-16-54-14-2-4-18-62(54)64/h1-48H. The second-order valence-corrected chi connectivity index (χ2v) is 20.9. The molecule has 0 amide bonds. The van der Waals surface area contributed by atoms with Crippen LogP contribution >= 0.6 is 0 Å². The van der Waals surface area contributed by atoms with Crippen molar-refractivity contribution in [2.24, 2.45) is 0 Å². The van der Waals surface area contributed by atoms with Gasteiger partial charge in [-0.25, -0.2) is 9.97 Å². The molecule has 0 atom stereocenters. The van der Waals surface area contributed by atoms with Crippen molar-refractivity contribution >= 4 is 76.2 Å². The predicted octanol–water partition coefficient (Wildman–Crippen LogP) is 20.1. The monoisotopic (exact) mass is 1020 g/mol. The van der Waals surface area contributed by atoms with Gasteiger partial charge in [-0.15, -0.1) is 0 Å². The summed E-state index contributed by atoms with van der Waals surface area (Å²) in [5, 5.41) is 10.00. The van der Waals surface area contributed by atoms with Gasteiger partial charge in [-0.2, -0.15) is 0 Å². The van der Waals surface area contributed by atoms with E-state index in [1.165, 1.54) is 87.4 Å². The molecule has 0 aliphatic rings. The first-order valence-electron chi connectivity index (χ1n) is 27.4. The zero-order chi connectivity index (χ0) is 52.7. The lowest BCUT2D eigenvalue weighted by atomic mass is 9.97. The van der Waals surface area contributed by atoms with E-state index in [4.69, 9.17) is 9.97 Å². The Balaban J connectivity index is 0.688. The van der Waals surface area contributed by atoms with E-state index >= 15 is 0 Å². The highest BCUT2D eigenvalue weighted by molar-refractivity contribution is 6.13. The number of hydrogen-bond acceptors (Lipinski definition) is 2. The van der Waals surface area contributed by atoms with Crippen molar-refractivity contribution in [2.75, 3.05) is 0 Å². The van der Waals surface area contributed by atoms with Crippen LogP contribution in [0.2, 0.25) is 0 Å². The van der Waals surface area contributed by atoms with E-state index in [-0.39, 0.29) is 0 Å². The molecule has 372 valence electrons. The zero-order valence-electron chi connectivity index (χ0n) is 43.5. The third kappa shape index (κ3) is 7.53. The van der Waals surface area contributed by atoms with E-state index in [9.17, 15) is 0 Å². The normalized spacial score (nSPS) is 11.8. The molecule has 0 radical (unpaired) electrons. The molecule has 16 rings (SSSR count). The molecule has 80 heavy (non-hydrogen) atoms. The van der Waals surface area contributed by atoms with Crippen molar-refractivity contribution < 1.29 is 0 Å². The van der Waals surface area contributed by atoms with E-state index in [0.29, 0.717) is 0 Å². The van der Waals surface area contributed by atoms with Crippen LogP contribution in [0.5, 0.6) is 0 Å². The number of rotatable bonds is 8. The molecule has 0 fully saturated rings. The van der Waals surface area contributed by atoms with E-state index in [1.807, 2.05) is 24.3 Å². The van der Waals surface area contributed by atoms with Crippen molar-refractivity contribution in [1.82, 2.24) is 19.1 Å². The van der Waals surface area contributed by atoms with E-state index in [2.05, 4.69) is 276 Å². The molecule has 0 bridgehead atoms. The molecule has 0 aliphatic carbocycles. The molecule has 0 aliphatic heterocycles. The van der Waals surface area contributed by atoms with Crippen molar-refractivity contribution in [2.45, 2.75) is 0 Å². The third-order valence-corrected chi connectivity index (χ3v) is 16.4. The largest absolute Gasteiger partial charge is 0.309 e. The maximum Gasteiger partial charge on any atom is 0.0973 e. The number of fused-ring (bicyclic) bond motifs is 9. The van der Waals surface area contributed by atoms with Crippen LogP contribution in [-0.4, -0.2) is 19.1 Å². The predicted molar refractivity (Wildman–Crippen MR) is 336 cm³/mol. The molecule has 0 spiro atoms. The highest BCUT2D eigenvalue weighted by Gasteiger charge is 2.18. The Hall–Kier alpha value is -10.7. The summed E-state index contributed by atoms with van der Waals surface area (Å²) in [6.07, 6.45) is 0. The van der Waals surface area contributed by atoms with Crippen molar-refractivity contribution in [3.8, 4) is 78.4 Å². The lowest BCUT2D eigenvalue weighted by molar-refractivity contribution is 1.18. The van der Waals surface area contributed by atoms with Crippen LogP contribution in [0.15, 0.2) is 291 Å². The Bertz CT molecular complexity index is 4750. The van der Waals surface area contributed by atoms with Crippen LogP contribution < -0.4 is 0 Å². The van der Waals surface area contributed by atoms with Gasteiger partial charge in [0, 0.05) is 44.0 Å². The van der Waals surface area contributed by atoms with Crippen LogP contribution in [0.4, 0.5) is 0 Å². The molecule has 0 unspecified atom stereocenters. The van der Waals surface area contributed by atoms with Crippen molar-refractivity contribution in [1.29, 1.82) is 0 Å². The zero-order valence-corrected chi connectivity index (χ0v) is 43.5. The van der Waals surface area contributed by atoms with Crippen LogP contribution in [0.1, 0.15) is 0 Å². The first-order valence-corrected chi connectivity index (χ1v) is 27.4. The molecule has 16 aromatic rings. The number of benzene rings is 13. The van der Waals surface area contributed by atoms with Crippen LogP contribution in [0, 0.1) is 0 Å². The first kappa shape index (κ1) is 45.5. The SMILES string of the molecule is c1ccc2c(-c3ccc4c(c3)c3ccccc3n4-c3ccc(-c4ccc(-c5nc6ccccc6nc5-c5ccc(-c6ccc(-n7c8ccccc8c8cc(-c9cccc%10ccccc9%10)ccc87)cc6)cc5)cc4)cc3)cccc2c1. The van der Waals surface area contributed by atoms with Gasteiger partial charge >= 0.3 is 0 Å². The maximum absolute atomic E-state index is 5.27. The van der Waals surface area contributed by atoms with Gasteiger partial charge in [-0.1, -0.05) is 218 Å². The van der Waals surface area contributed by atoms with Crippen molar-refractivity contribution in [3.63, 3.8) is 0 Å². The molecule has 13 aromatic carbocycles. The van der Waals surface area contributed by atoms with Gasteiger partial charge in [0.25, 0.3) is 0 Å². The summed E-state index contributed by atoms with van der Waals surface area (Å²) in [6, 6.07) is 105. The van der Waals surface area contributed by atoms with Gasteiger partial charge in [0.15, 0.2) is 0 Å². The Morgan fingerprint density at radius 3 is 0.950 bits per heavy atom. The molecule has 4 heteroatoms. The molecule has 0 saturated heterocycles. The number of hydrogen-bond donors (Lipinski definition) is 0. The van der Waals surface area contributed by atoms with E-state index in [1.54, 1.807) is 0 Å². The van der Waals surface area contributed by atoms with Crippen LogP contribution in [0.25, 0.3) is 155 Å². The van der Waals surface area contributed by atoms with Gasteiger partial charge in [0.2, 0.25) is 0 Å². The third-order valence-electron chi connectivity index (χ3n) is 16.4. The Morgan fingerprint density at radius 2 is 0.525 bits per heavy atom. The second kappa shape index (κ2) is 18.5. The maximum atomic E-state index is 5.27. The van der Waals surface area contributed by atoms with Crippen LogP contribution in [-0.2, 0) is 0 Å². The molecule has 4 nitrogen and oxygen atoms in total. The average molecular weight is 1020 g/mol. The van der Waals surface area contributed by atoms with Gasteiger partial charge in [-0.3, -0.25) is 0 Å². The summed E-state index contributed by atoms with van der Waals surface area (Å²) in [7, 11) is 0. The molecule has 0 saturated carbocycles. The number of nitrogens with zero attached hydrogens (tertiary/aromatic N) is 4. The van der Waals surface area contributed by atoms with E-state index in [0.717, 1.165) is 67.2 Å². The molecule has 3 heterocycles. The Labute approximate surface area is 462 Å². The number of para-hydroxylation sites is 4. The highest BCUT2D eigenvalue weighted by atomic mass is 15.0. The fraction of sp³-hybridized carbons (Fsp3) is 0. The quantitative estimate of drug-likeness (QED) is 0.152. The Kier molecular flexibility index (Phi) is 10.5. The molecule has 3 aromatic heterocycles. The summed E-state index contributed by atoms with van der Waals surface area (Å²) >= 11 is 0. The lowest BCUT2D eigenvalue weighted by Gasteiger charge is -2.13. The van der Waals surface area contributed by atoms with E-state index < -0.39 is 0 Å². The minimum atomic E-state index is 0.855.